The summed E-state index contributed by atoms with van der Waals surface area (Å²) < 4.78 is 7.55. The highest BCUT2D eigenvalue weighted by molar-refractivity contribution is 7.26. The minimum Gasteiger partial charge on any atom is -0.309 e. The highest BCUT2D eigenvalue weighted by Crippen LogP contribution is 2.43. The minimum atomic E-state index is 1.15. The number of rotatable bonds is 4. The monoisotopic (exact) mass is 666 g/mol. The van der Waals surface area contributed by atoms with Crippen LogP contribution in [0.1, 0.15) is 0 Å². The van der Waals surface area contributed by atoms with Gasteiger partial charge < -0.3 is 9.13 Å². The molecule has 3 aromatic heterocycles. The van der Waals surface area contributed by atoms with Gasteiger partial charge in [0.25, 0.3) is 0 Å². The van der Waals surface area contributed by atoms with Crippen molar-refractivity contribution >= 4 is 75.1 Å². The molecule has 0 N–H and O–H groups in total. The molecule has 3 heteroatoms. The molecule has 51 heavy (non-hydrogen) atoms. The van der Waals surface area contributed by atoms with Crippen molar-refractivity contribution in [1.82, 2.24) is 9.13 Å². The van der Waals surface area contributed by atoms with E-state index in [1.807, 2.05) is 11.3 Å². The average Bonchev–Trinajstić information content (AvgIpc) is 3.86. The van der Waals surface area contributed by atoms with Crippen molar-refractivity contribution in [3.63, 3.8) is 0 Å². The number of fused-ring (bicyclic) bond motifs is 10. The number of thiophene rings is 1. The Bertz CT molecular complexity index is 3100. The van der Waals surface area contributed by atoms with E-state index in [1.54, 1.807) is 0 Å². The van der Waals surface area contributed by atoms with E-state index in [0.717, 1.165) is 5.69 Å². The maximum absolute atomic E-state index is 2.44. The van der Waals surface area contributed by atoms with Crippen LogP contribution in [0.15, 0.2) is 182 Å². The predicted octanol–water partition coefficient (Wildman–Crippen LogP) is 13.6. The second-order valence-electron chi connectivity index (χ2n) is 13.3. The average molecular weight is 667 g/mol. The van der Waals surface area contributed by atoms with Crippen LogP contribution in [0.25, 0.3) is 97.4 Å². The van der Waals surface area contributed by atoms with Gasteiger partial charge >= 0.3 is 0 Å². The number of hydrogen-bond acceptors (Lipinski definition) is 1. The first kappa shape index (κ1) is 28.4. The van der Waals surface area contributed by atoms with Crippen molar-refractivity contribution in [2.45, 2.75) is 0 Å². The van der Waals surface area contributed by atoms with E-state index in [9.17, 15) is 0 Å². The fraction of sp³-hybridized carbons (Fsp3) is 0. The molecule has 2 nitrogen and oxygen atoms in total. The van der Waals surface area contributed by atoms with Crippen LogP contribution in [-0.2, 0) is 0 Å². The molecule has 0 fully saturated rings. The van der Waals surface area contributed by atoms with E-state index in [4.69, 9.17) is 0 Å². The fourth-order valence-corrected chi connectivity index (χ4v) is 9.49. The number of hydrogen-bond donors (Lipinski definition) is 0. The maximum atomic E-state index is 2.44. The van der Waals surface area contributed by atoms with Crippen molar-refractivity contribution in [2.24, 2.45) is 0 Å². The first-order valence-electron chi connectivity index (χ1n) is 17.4. The number of benzene rings is 8. The summed E-state index contributed by atoms with van der Waals surface area (Å²) >= 11 is 1.88. The predicted molar refractivity (Wildman–Crippen MR) is 219 cm³/mol. The molecule has 0 atom stereocenters. The third-order valence-electron chi connectivity index (χ3n) is 10.5. The van der Waals surface area contributed by atoms with Crippen LogP contribution in [0.3, 0.4) is 0 Å². The van der Waals surface area contributed by atoms with Crippen LogP contribution in [0.4, 0.5) is 0 Å². The molecular weight excluding hydrogens is 637 g/mol. The molecule has 0 aliphatic rings. The Morgan fingerprint density at radius 1 is 0.333 bits per heavy atom. The standard InChI is InChI=1S/C48H30N2S/c1-2-11-34(12-3-1)50-42-18-7-4-13-37(42)39-29-30-44-46(47(39)50)41-15-5-8-19-43(41)49(44)35-27-25-32(26-28-35)31-21-23-33(24-22-31)36-16-10-17-40-38-14-6-9-20-45(38)51-48(36)40/h1-30H. The SMILES string of the molecule is c1ccc(-n2c3ccccc3c3ccc4c(c5ccccc5n4-c4ccc(-c5ccc(-c6cccc7c6sc6ccccc67)cc5)cc4)c32)cc1. The van der Waals surface area contributed by atoms with Gasteiger partial charge in [-0.25, -0.2) is 0 Å². The molecule has 0 saturated heterocycles. The van der Waals surface area contributed by atoms with Crippen molar-refractivity contribution in [2.75, 3.05) is 0 Å². The third-order valence-corrected chi connectivity index (χ3v) is 11.8. The van der Waals surface area contributed by atoms with E-state index < -0.39 is 0 Å². The summed E-state index contributed by atoms with van der Waals surface area (Å²) in [6, 6.07) is 66.5. The Morgan fingerprint density at radius 2 is 0.922 bits per heavy atom. The van der Waals surface area contributed by atoms with Gasteiger partial charge in [-0.2, -0.15) is 0 Å². The molecule has 11 aromatic rings. The molecule has 238 valence electrons. The molecule has 0 amide bonds. The van der Waals surface area contributed by atoms with Gasteiger partial charge in [0.05, 0.1) is 22.1 Å². The van der Waals surface area contributed by atoms with Gasteiger partial charge in [0.1, 0.15) is 0 Å². The summed E-state index contributed by atoms with van der Waals surface area (Å²) in [6.45, 7) is 0. The van der Waals surface area contributed by atoms with Crippen molar-refractivity contribution in [3.8, 4) is 33.6 Å². The van der Waals surface area contributed by atoms with Gasteiger partial charge in [-0.05, 0) is 70.8 Å². The first-order chi connectivity index (χ1) is 25.3. The zero-order chi connectivity index (χ0) is 33.5. The van der Waals surface area contributed by atoms with E-state index in [2.05, 4.69) is 191 Å². The lowest BCUT2D eigenvalue weighted by molar-refractivity contribution is 1.17. The summed E-state index contributed by atoms with van der Waals surface area (Å²) in [4.78, 5) is 0. The smallest absolute Gasteiger partial charge is 0.0641 e. The zero-order valence-corrected chi connectivity index (χ0v) is 28.4. The van der Waals surface area contributed by atoms with Crippen LogP contribution in [-0.4, -0.2) is 9.13 Å². The van der Waals surface area contributed by atoms with Gasteiger partial charge in [-0.1, -0.05) is 133 Å². The summed E-state index contributed by atoms with van der Waals surface area (Å²) in [5.41, 5.74) is 12.2. The maximum Gasteiger partial charge on any atom is 0.0641 e. The Morgan fingerprint density at radius 3 is 1.71 bits per heavy atom. The Balaban J connectivity index is 1.04. The lowest BCUT2D eigenvalue weighted by Crippen LogP contribution is -1.95. The fourth-order valence-electron chi connectivity index (χ4n) is 8.25. The van der Waals surface area contributed by atoms with Crippen molar-refractivity contribution in [3.05, 3.63) is 182 Å². The summed E-state index contributed by atoms with van der Waals surface area (Å²) in [6.07, 6.45) is 0. The molecule has 3 heterocycles. The lowest BCUT2D eigenvalue weighted by Gasteiger charge is -2.11. The Hall–Kier alpha value is -6.42. The molecule has 0 saturated carbocycles. The van der Waals surface area contributed by atoms with Crippen LogP contribution >= 0.6 is 11.3 Å². The second-order valence-corrected chi connectivity index (χ2v) is 14.4. The van der Waals surface area contributed by atoms with E-state index in [-0.39, 0.29) is 0 Å². The quantitative estimate of drug-likeness (QED) is 0.177. The van der Waals surface area contributed by atoms with Crippen LogP contribution in [0, 0.1) is 0 Å². The van der Waals surface area contributed by atoms with Crippen LogP contribution < -0.4 is 0 Å². The molecule has 0 spiro atoms. The van der Waals surface area contributed by atoms with Gasteiger partial charge in [0.15, 0.2) is 0 Å². The van der Waals surface area contributed by atoms with Crippen LogP contribution in [0.2, 0.25) is 0 Å². The summed E-state index contributed by atoms with van der Waals surface area (Å²) in [7, 11) is 0. The van der Waals surface area contributed by atoms with Gasteiger partial charge in [-0.15, -0.1) is 11.3 Å². The zero-order valence-electron chi connectivity index (χ0n) is 27.6. The molecule has 8 aromatic carbocycles. The van der Waals surface area contributed by atoms with E-state index in [1.165, 1.54) is 91.7 Å². The van der Waals surface area contributed by atoms with Crippen molar-refractivity contribution in [1.29, 1.82) is 0 Å². The normalized spacial score (nSPS) is 11.9. The molecular formula is C48H30N2S. The van der Waals surface area contributed by atoms with E-state index >= 15 is 0 Å². The number of para-hydroxylation sites is 3. The van der Waals surface area contributed by atoms with Gasteiger partial charge in [-0.3, -0.25) is 0 Å². The Labute approximate surface area is 298 Å². The number of nitrogens with zero attached hydrogens (tertiary/aromatic N) is 2. The lowest BCUT2D eigenvalue weighted by atomic mass is 9.99. The topological polar surface area (TPSA) is 9.86 Å². The molecule has 0 aliphatic carbocycles. The van der Waals surface area contributed by atoms with Crippen molar-refractivity contribution < 1.29 is 0 Å². The highest BCUT2D eigenvalue weighted by atomic mass is 32.1. The molecule has 0 unspecified atom stereocenters. The van der Waals surface area contributed by atoms with Gasteiger partial charge in [0.2, 0.25) is 0 Å². The molecule has 11 rings (SSSR count). The summed E-state index contributed by atoms with van der Waals surface area (Å²) in [5, 5.41) is 7.74. The first-order valence-corrected chi connectivity index (χ1v) is 18.3. The number of aromatic nitrogens is 2. The second kappa shape index (κ2) is 11.0. The summed E-state index contributed by atoms with van der Waals surface area (Å²) in [5.74, 6) is 0. The molecule has 0 bridgehead atoms. The largest absolute Gasteiger partial charge is 0.309 e. The molecule has 0 radical (unpaired) electrons. The third kappa shape index (κ3) is 4.22. The van der Waals surface area contributed by atoms with Gasteiger partial charge in [0, 0.05) is 53.1 Å². The highest BCUT2D eigenvalue weighted by Gasteiger charge is 2.20. The van der Waals surface area contributed by atoms with Crippen LogP contribution in [0.5, 0.6) is 0 Å². The molecule has 0 aliphatic heterocycles. The minimum absolute atomic E-state index is 1.15. The Kier molecular flexibility index (Phi) is 6.16. The van der Waals surface area contributed by atoms with E-state index in [0.29, 0.717) is 0 Å².